The number of hydrogen-bond acceptors (Lipinski definition) is 5. The van der Waals surface area contributed by atoms with E-state index in [-0.39, 0.29) is 23.8 Å². The first-order valence-corrected chi connectivity index (χ1v) is 14.5. The van der Waals surface area contributed by atoms with Crippen LogP contribution in [0.4, 0.5) is 5.69 Å². The van der Waals surface area contributed by atoms with Crippen molar-refractivity contribution in [2.24, 2.45) is 11.8 Å². The van der Waals surface area contributed by atoms with Crippen LogP contribution >= 0.6 is 11.3 Å². The van der Waals surface area contributed by atoms with Gasteiger partial charge in [0.05, 0.1) is 17.2 Å². The highest BCUT2D eigenvalue weighted by Gasteiger charge is 2.52. The Morgan fingerprint density at radius 3 is 2.68 bits per heavy atom. The van der Waals surface area contributed by atoms with Gasteiger partial charge in [-0.1, -0.05) is 30.3 Å². The summed E-state index contributed by atoms with van der Waals surface area (Å²) < 4.78 is 6.93. The van der Waals surface area contributed by atoms with Crippen LogP contribution < -0.4 is 15.0 Å². The van der Waals surface area contributed by atoms with Crippen molar-refractivity contribution in [3.63, 3.8) is 0 Å². The lowest BCUT2D eigenvalue weighted by Gasteiger charge is -2.36. The van der Waals surface area contributed by atoms with E-state index in [4.69, 9.17) is 4.74 Å². The normalized spacial score (nSPS) is 28.3. The Balaban J connectivity index is 1.16. The number of fused-ring (bicyclic) bond motifs is 4. The lowest BCUT2D eigenvalue weighted by atomic mass is 9.99. The minimum Gasteiger partial charge on any atom is -0.491 e. The molecular weight excluding hydrogens is 498 g/mol. The van der Waals surface area contributed by atoms with E-state index in [1.165, 1.54) is 11.3 Å². The molecule has 1 aliphatic carbocycles. The van der Waals surface area contributed by atoms with Crippen molar-refractivity contribution in [3.05, 3.63) is 59.5 Å². The van der Waals surface area contributed by atoms with E-state index in [0.717, 1.165) is 41.5 Å². The summed E-state index contributed by atoms with van der Waals surface area (Å²) in [6.45, 7) is 1.13. The molecule has 7 nitrogen and oxygen atoms in total. The quantitative estimate of drug-likeness (QED) is 0.538. The van der Waals surface area contributed by atoms with Crippen LogP contribution in [0.5, 0.6) is 5.75 Å². The summed E-state index contributed by atoms with van der Waals surface area (Å²) in [4.78, 5) is 45.7. The Labute approximate surface area is 225 Å². The summed E-state index contributed by atoms with van der Waals surface area (Å²) in [7, 11) is 0. The summed E-state index contributed by atoms with van der Waals surface area (Å²) in [5, 5.41) is 4.11. The smallest absolute Gasteiger partial charge is 0.262 e. The number of nitrogens with zero attached hydrogens (tertiary/aromatic N) is 2. The van der Waals surface area contributed by atoms with Gasteiger partial charge < -0.3 is 19.9 Å². The number of ether oxygens (including phenoxy) is 1. The second-order valence-electron chi connectivity index (χ2n) is 11.1. The molecule has 38 heavy (non-hydrogen) atoms. The van der Waals surface area contributed by atoms with Gasteiger partial charge in [0.1, 0.15) is 17.8 Å². The number of anilines is 1. The molecule has 0 unspecified atom stereocenters. The molecule has 196 valence electrons. The highest BCUT2D eigenvalue weighted by molar-refractivity contribution is 7.20. The third kappa shape index (κ3) is 4.15. The summed E-state index contributed by atoms with van der Waals surface area (Å²) in [6, 6.07) is 16.4. The third-order valence-electron chi connectivity index (χ3n) is 8.68. The van der Waals surface area contributed by atoms with Gasteiger partial charge in [-0.25, -0.2) is 0 Å². The standard InChI is InChI=1S/C30H31N3O4S/c34-28(27-17-18-6-1-4-9-26(18)38-27)31-22-16-20-14-19(20)15-21-10-11-24(33(21)29(22)35)30(36)32-12-5-13-37-25-8-3-2-7-23(25)32/h1-4,6-9,17,19-22,24H,5,10-16H2,(H,31,34)/t19-,20+,21-,22+,24+/m1/s1. The summed E-state index contributed by atoms with van der Waals surface area (Å²) >= 11 is 1.45. The molecule has 8 heteroatoms. The van der Waals surface area contributed by atoms with Crippen LogP contribution in [-0.2, 0) is 9.59 Å². The van der Waals surface area contributed by atoms with Crippen LogP contribution in [0.1, 0.15) is 48.2 Å². The van der Waals surface area contributed by atoms with Gasteiger partial charge in [0, 0.05) is 17.3 Å². The Kier molecular flexibility index (Phi) is 5.87. The molecule has 1 N–H and O–H groups in total. The van der Waals surface area contributed by atoms with Crippen LogP contribution in [0.25, 0.3) is 10.1 Å². The first kappa shape index (κ1) is 23.7. The van der Waals surface area contributed by atoms with Crippen molar-refractivity contribution in [2.75, 3.05) is 18.1 Å². The van der Waals surface area contributed by atoms with Gasteiger partial charge in [-0.2, -0.15) is 0 Å². The monoisotopic (exact) mass is 529 g/mol. The molecule has 1 aromatic heterocycles. The van der Waals surface area contributed by atoms with Gasteiger partial charge in [0.25, 0.3) is 5.91 Å². The van der Waals surface area contributed by atoms with E-state index >= 15 is 0 Å². The zero-order valence-corrected chi connectivity index (χ0v) is 22.0. The Morgan fingerprint density at radius 2 is 1.79 bits per heavy atom. The molecular formula is C30H31N3O4S. The molecule has 3 aromatic rings. The van der Waals surface area contributed by atoms with E-state index < -0.39 is 12.1 Å². The SMILES string of the molecule is O=C(N[C@H]1C[C@@H]2C[C@@H]2C[C@H]2CC[C@@H](C(=O)N3CCCOc4ccccc43)N2C1=O)c1cc2ccccc2s1. The molecule has 2 saturated heterocycles. The number of nitrogens with one attached hydrogen (secondary N) is 1. The average molecular weight is 530 g/mol. The first-order valence-electron chi connectivity index (χ1n) is 13.7. The predicted molar refractivity (Wildman–Crippen MR) is 146 cm³/mol. The third-order valence-corrected chi connectivity index (χ3v) is 9.80. The lowest BCUT2D eigenvalue weighted by Crippen LogP contribution is -2.57. The zero-order valence-electron chi connectivity index (χ0n) is 21.2. The van der Waals surface area contributed by atoms with Crippen LogP contribution in [-0.4, -0.2) is 53.9 Å². The van der Waals surface area contributed by atoms with Crippen molar-refractivity contribution in [1.82, 2.24) is 10.2 Å². The van der Waals surface area contributed by atoms with Gasteiger partial charge in [-0.3, -0.25) is 14.4 Å². The second kappa shape index (κ2) is 9.42. The first-order chi connectivity index (χ1) is 18.6. The maximum absolute atomic E-state index is 14.1. The molecule has 1 saturated carbocycles. The molecule has 3 aliphatic heterocycles. The molecule has 5 atom stereocenters. The van der Waals surface area contributed by atoms with Crippen molar-refractivity contribution in [3.8, 4) is 5.75 Å². The number of benzene rings is 2. The fourth-order valence-electron chi connectivity index (χ4n) is 6.69. The predicted octanol–water partition coefficient (Wildman–Crippen LogP) is 4.60. The van der Waals surface area contributed by atoms with Crippen LogP contribution in [0.3, 0.4) is 0 Å². The maximum Gasteiger partial charge on any atom is 0.262 e. The second-order valence-corrected chi connectivity index (χ2v) is 12.1. The maximum atomic E-state index is 14.1. The minimum absolute atomic E-state index is 0.0405. The van der Waals surface area contributed by atoms with Crippen LogP contribution in [0, 0.1) is 11.8 Å². The number of carbonyl (C=O) groups is 3. The van der Waals surface area contributed by atoms with Crippen molar-refractivity contribution in [2.45, 2.75) is 56.7 Å². The van der Waals surface area contributed by atoms with Crippen LogP contribution in [0.2, 0.25) is 0 Å². The van der Waals surface area contributed by atoms with Gasteiger partial charge in [0.15, 0.2) is 0 Å². The molecule has 0 bridgehead atoms. The number of rotatable bonds is 3. The Morgan fingerprint density at radius 1 is 0.974 bits per heavy atom. The molecule has 4 aliphatic rings. The summed E-state index contributed by atoms with van der Waals surface area (Å²) in [5.74, 6) is 1.39. The molecule has 0 radical (unpaired) electrons. The van der Waals surface area contributed by atoms with E-state index in [1.54, 1.807) is 0 Å². The number of hydrogen-bond donors (Lipinski definition) is 1. The van der Waals surface area contributed by atoms with Gasteiger partial charge >= 0.3 is 0 Å². The molecule has 3 fully saturated rings. The van der Waals surface area contributed by atoms with E-state index in [0.29, 0.717) is 48.5 Å². The molecule has 2 aromatic carbocycles. The minimum atomic E-state index is -0.612. The molecule has 7 rings (SSSR count). The van der Waals surface area contributed by atoms with Crippen LogP contribution in [0.15, 0.2) is 54.6 Å². The number of carbonyl (C=O) groups excluding carboxylic acids is 3. The van der Waals surface area contributed by atoms with Crippen molar-refractivity contribution in [1.29, 1.82) is 0 Å². The zero-order chi connectivity index (χ0) is 25.8. The summed E-state index contributed by atoms with van der Waals surface area (Å²) in [6.07, 6.45) is 4.92. The average Bonchev–Trinajstić information content (AvgIpc) is 3.35. The number of thiophene rings is 1. The number of para-hydroxylation sites is 2. The molecule has 4 heterocycles. The largest absolute Gasteiger partial charge is 0.491 e. The molecule has 0 spiro atoms. The fourth-order valence-corrected chi connectivity index (χ4v) is 7.66. The Bertz CT molecular complexity index is 1390. The van der Waals surface area contributed by atoms with Gasteiger partial charge in [-0.15, -0.1) is 11.3 Å². The van der Waals surface area contributed by atoms with E-state index in [1.807, 2.05) is 64.4 Å². The lowest BCUT2D eigenvalue weighted by molar-refractivity contribution is -0.142. The van der Waals surface area contributed by atoms with Crippen molar-refractivity contribution >= 4 is 44.8 Å². The van der Waals surface area contributed by atoms with Crippen molar-refractivity contribution < 1.29 is 19.1 Å². The van der Waals surface area contributed by atoms with Gasteiger partial charge in [0.2, 0.25) is 11.8 Å². The molecule has 3 amide bonds. The highest BCUT2D eigenvalue weighted by Crippen LogP contribution is 2.49. The summed E-state index contributed by atoms with van der Waals surface area (Å²) in [5.41, 5.74) is 0.773. The van der Waals surface area contributed by atoms with E-state index in [2.05, 4.69) is 5.32 Å². The van der Waals surface area contributed by atoms with Gasteiger partial charge in [-0.05, 0) is 80.0 Å². The Hall–Kier alpha value is -3.39. The topological polar surface area (TPSA) is 79.0 Å². The number of amides is 3. The van der Waals surface area contributed by atoms with E-state index in [9.17, 15) is 14.4 Å². The highest BCUT2D eigenvalue weighted by atomic mass is 32.1. The fraction of sp³-hybridized carbons (Fsp3) is 0.433.